The van der Waals surface area contributed by atoms with Crippen molar-refractivity contribution in [2.45, 2.75) is 50.2 Å². The highest BCUT2D eigenvalue weighted by Crippen LogP contribution is 2.42. The molecule has 5 atom stereocenters. The van der Waals surface area contributed by atoms with E-state index in [0.29, 0.717) is 11.5 Å². The SMILES string of the molecule is COc1ccc(C(OC[C@H]2O[C@H](O)[C@H](OC(C)=O)[C@@H](OC(C)=O)[C@@H]2O)(c2ccccc2)c2ccc(OC)cc2)cc1. The fourth-order valence-corrected chi connectivity index (χ4v) is 4.97. The van der Waals surface area contributed by atoms with Gasteiger partial charge in [-0.25, -0.2) is 0 Å². The molecular weight excluding hydrogens is 532 g/mol. The van der Waals surface area contributed by atoms with Gasteiger partial charge in [0.2, 0.25) is 0 Å². The van der Waals surface area contributed by atoms with Gasteiger partial charge in [0, 0.05) is 13.8 Å². The predicted octanol–water partition coefficient (Wildman–Crippen LogP) is 2.95. The molecule has 3 aromatic carbocycles. The topological polar surface area (TPSA) is 130 Å². The van der Waals surface area contributed by atoms with Gasteiger partial charge in [0.15, 0.2) is 18.5 Å². The Hall–Kier alpha value is -3.96. The summed E-state index contributed by atoms with van der Waals surface area (Å²) in [5.41, 5.74) is 1.04. The Morgan fingerprint density at radius 2 is 1.20 bits per heavy atom. The Kier molecular flexibility index (Phi) is 9.61. The smallest absolute Gasteiger partial charge is 0.303 e. The van der Waals surface area contributed by atoms with E-state index in [9.17, 15) is 19.8 Å². The second-order valence-electron chi connectivity index (χ2n) is 9.52. The Labute approximate surface area is 238 Å². The molecule has 0 spiro atoms. The number of methoxy groups -OCH3 is 2. The van der Waals surface area contributed by atoms with Crippen molar-refractivity contribution in [2.75, 3.05) is 20.8 Å². The molecule has 10 heteroatoms. The molecule has 1 saturated heterocycles. The summed E-state index contributed by atoms with van der Waals surface area (Å²) in [5, 5.41) is 21.9. The zero-order valence-corrected chi connectivity index (χ0v) is 23.3. The molecular formula is C31H34O10. The number of hydrogen-bond donors (Lipinski definition) is 2. The van der Waals surface area contributed by atoms with E-state index in [4.69, 9.17) is 28.4 Å². The monoisotopic (exact) mass is 566 g/mol. The summed E-state index contributed by atoms with van der Waals surface area (Å²) < 4.78 is 33.5. The summed E-state index contributed by atoms with van der Waals surface area (Å²) in [4.78, 5) is 23.5. The normalized spacial score (nSPS) is 22.4. The minimum Gasteiger partial charge on any atom is -0.497 e. The van der Waals surface area contributed by atoms with Crippen LogP contribution in [0.4, 0.5) is 0 Å². The highest BCUT2D eigenvalue weighted by molar-refractivity contribution is 5.67. The summed E-state index contributed by atoms with van der Waals surface area (Å²) in [6, 6.07) is 24.3. The van der Waals surface area contributed by atoms with Gasteiger partial charge in [0.25, 0.3) is 0 Å². The van der Waals surface area contributed by atoms with E-state index in [1.807, 2.05) is 78.9 Å². The molecule has 0 unspecified atom stereocenters. The molecule has 0 bridgehead atoms. The van der Waals surface area contributed by atoms with Crippen molar-refractivity contribution in [3.8, 4) is 11.5 Å². The fraction of sp³-hybridized carbons (Fsp3) is 0.355. The van der Waals surface area contributed by atoms with Gasteiger partial charge in [0.1, 0.15) is 29.3 Å². The molecule has 1 heterocycles. The summed E-state index contributed by atoms with van der Waals surface area (Å²) in [5.74, 6) is -0.158. The lowest BCUT2D eigenvalue weighted by atomic mass is 9.80. The Morgan fingerprint density at radius 3 is 1.66 bits per heavy atom. The third-order valence-electron chi connectivity index (χ3n) is 6.88. The van der Waals surface area contributed by atoms with Gasteiger partial charge >= 0.3 is 11.9 Å². The number of aliphatic hydroxyl groups is 2. The first kappa shape index (κ1) is 30.0. The van der Waals surface area contributed by atoms with E-state index in [1.165, 1.54) is 0 Å². The van der Waals surface area contributed by atoms with Crippen LogP contribution >= 0.6 is 0 Å². The quantitative estimate of drug-likeness (QED) is 0.279. The van der Waals surface area contributed by atoms with Crippen LogP contribution in [0.5, 0.6) is 11.5 Å². The number of carbonyl (C=O) groups excluding carboxylic acids is 2. The van der Waals surface area contributed by atoms with Crippen LogP contribution in [0.25, 0.3) is 0 Å². The molecule has 4 rings (SSSR count). The van der Waals surface area contributed by atoms with E-state index in [0.717, 1.165) is 30.5 Å². The van der Waals surface area contributed by atoms with Crippen LogP contribution < -0.4 is 9.47 Å². The molecule has 0 saturated carbocycles. The van der Waals surface area contributed by atoms with Crippen LogP contribution in [0.15, 0.2) is 78.9 Å². The third kappa shape index (κ3) is 6.52. The van der Waals surface area contributed by atoms with Gasteiger partial charge in [-0.15, -0.1) is 0 Å². The van der Waals surface area contributed by atoms with Crippen LogP contribution in [0.3, 0.4) is 0 Å². The lowest BCUT2D eigenvalue weighted by Gasteiger charge is -2.43. The van der Waals surface area contributed by atoms with Crippen LogP contribution in [-0.2, 0) is 34.1 Å². The number of esters is 2. The molecule has 1 fully saturated rings. The summed E-state index contributed by atoms with van der Waals surface area (Å²) in [7, 11) is 3.16. The average Bonchev–Trinajstić information content (AvgIpc) is 2.98. The zero-order valence-electron chi connectivity index (χ0n) is 23.3. The number of benzene rings is 3. The fourth-order valence-electron chi connectivity index (χ4n) is 4.97. The summed E-state index contributed by atoms with van der Waals surface area (Å²) >= 11 is 0. The van der Waals surface area contributed by atoms with E-state index in [-0.39, 0.29) is 6.61 Å². The van der Waals surface area contributed by atoms with Crippen LogP contribution in [0.1, 0.15) is 30.5 Å². The lowest BCUT2D eigenvalue weighted by Crippen LogP contribution is -2.61. The van der Waals surface area contributed by atoms with Gasteiger partial charge in [-0.2, -0.15) is 0 Å². The average molecular weight is 567 g/mol. The first-order chi connectivity index (χ1) is 19.7. The van der Waals surface area contributed by atoms with Gasteiger partial charge in [0.05, 0.1) is 20.8 Å². The molecule has 218 valence electrons. The van der Waals surface area contributed by atoms with Gasteiger partial charge in [-0.05, 0) is 41.0 Å². The molecule has 0 amide bonds. The maximum Gasteiger partial charge on any atom is 0.303 e. The van der Waals surface area contributed by atoms with Crippen molar-refractivity contribution in [2.24, 2.45) is 0 Å². The van der Waals surface area contributed by atoms with Crippen molar-refractivity contribution >= 4 is 11.9 Å². The van der Waals surface area contributed by atoms with Crippen LogP contribution in [0.2, 0.25) is 0 Å². The summed E-state index contributed by atoms with van der Waals surface area (Å²) in [6.07, 6.45) is -7.16. The summed E-state index contributed by atoms with van der Waals surface area (Å²) in [6.45, 7) is 2.03. The van der Waals surface area contributed by atoms with E-state index in [2.05, 4.69) is 0 Å². The van der Waals surface area contributed by atoms with Gasteiger partial charge < -0.3 is 38.6 Å². The number of hydrogen-bond acceptors (Lipinski definition) is 10. The minimum atomic E-state index is -1.69. The number of carbonyl (C=O) groups is 2. The first-order valence-corrected chi connectivity index (χ1v) is 13.0. The highest BCUT2D eigenvalue weighted by atomic mass is 16.7. The van der Waals surface area contributed by atoms with Crippen molar-refractivity contribution in [3.05, 3.63) is 95.6 Å². The van der Waals surface area contributed by atoms with Crippen LogP contribution in [-0.4, -0.2) is 73.7 Å². The predicted molar refractivity (Wildman–Crippen MR) is 146 cm³/mol. The molecule has 2 N–H and O–H groups in total. The maximum atomic E-state index is 11.8. The Bertz CT molecular complexity index is 1250. The Morgan fingerprint density at radius 1 is 0.732 bits per heavy atom. The number of aliphatic hydroxyl groups excluding tert-OH is 2. The van der Waals surface area contributed by atoms with Gasteiger partial charge in [-0.3, -0.25) is 9.59 Å². The van der Waals surface area contributed by atoms with Crippen molar-refractivity contribution in [3.63, 3.8) is 0 Å². The minimum absolute atomic E-state index is 0.254. The molecule has 0 radical (unpaired) electrons. The van der Waals surface area contributed by atoms with Gasteiger partial charge in [-0.1, -0.05) is 54.6 Å². The molecule has 3 aromatic rings. The molecule has 1 aliphatic rings. The Balaban J connectivity index is 1.78. The molecule has 41 heavy (non-hydrogen) atoms. The molecule has 0 aromatic heterocycles. The van der Waals surface area contributed by atoms with Crippen LogP contribution in [0, 0.1) is 0 Å². The second kappa shape index (κ2) is 13.1. The van der Waals surface area contributed by atoms with Crippen molar-refractivity contribution in [1.29, 1.82) is 0 Å². The molecule has 1 aliphatic heterocycles. The van der Waals surface area contributed by atoms with Crippen molar-refractivity contribution < 1.29 is 48.2 Å². The molecule has 0 aliphatic carbocycles. The standard InChI is InChI=1S/C31H34O10/c1-19(32)39-28-27(34)26(41-30(35)29(28)40-20(2)33)18-38-31(21-8-6-5-7-9-21,22-10-14-24(36-3)15-11-22)23-12-16-25(37-4)17-13-23/h5-17,26-30,34-35H,18H2,1-4H3/t26-,27-,28+,29-,30+/m1/s1. The van der Waals surface area contributed by atoms with Crippen molar-refractivity contribution in [1.82, 2.24) is 0 Å². The largest absolute Gasteiger partial charge is 0.497 e. The first-order valence-electron chi connectivity index (χ1n) is 13.0. The third-order valence-corrected chi connectivity index (χ3v) is 6.88. The number of ether oxygens (including phenoxy) is 6. The van der Waals surface area contributed by atoms with E-state index in [1.54, 1.807) is 14.2 Å². The number of rotatable bonds is 10. The lowest BCUT2D eigenvalue weighted by molar-refractivity contribution is -0.297. The second-order valence-corrected chi connectivity index (χ2v) is 9.52. The van der Waals surface area contributed by atoms with E-state index < -0.39 is 48.2 Å². The maximum absolute atomic E-state index is 11.8. The van der Waals surface area contributed by atoms with E-state index >= 15 is 0 Å². The highest BCUT2D eigenvalue weighted by Gasteiger charge is 2.50. The molecule has 10 nitrogen and oxygen atoms in total. The zero-order chi connectivity index (χ0) is 29.6.